The van der Waals surface area contributed by atoms with Crippen molar-refractivity contribution in [3.8, 4) is 0 Å². The predicted molar refractivity (Wildman–Crippen MR) is 65.4 cm³/mol. The van der Waals surface area contributed by atoms with E-state index in [2.05, 4.69) is 16.3 Å². The Labute approximate surface area is 111 Å². The Morgan fingerprint density at radius 2 is 2.21 bits per heavy atom. The Balaban J connectivity index is 3.08. The maximum absolute atomic E-state index is 11.5. The van der Waals surface area contributed by atoms with E-state index in [0.29, 0.717) is 0 Å². The van der Waals surface area contributed by atoms with E-state index in [9.17, 15) is 9.90 Å². The maximum Gasteiger partial charge on any atom is 0.508 e. The molecule has 0 aliphatic carbocycles. The molecule has 0 radical (unpaired) electrons. The third-order valence-corrected chi connectivity index (χ3v) is 2.44. The highest BCUT2D eigenvalue weighted by Crippen LogP contribution is 2.33. The smallest absolute Gasteiger partial charge is 0.503 e. The number of hydrogen-bond acceptors (Lipinski definition) is 6. The average molecular weight is 269 g/mol. The van der Waals surface area contributed by atoms with Crippen LogP contribution in [-0.2, 0) is 19.0 Å². The number of ether oxygens (including phenoxy) is 3. The number of rotatable bonds is 4. The molecule has 1 saturated heterocycles. The fraction of sp³-hybridized carbons (Fsp3) is 0.583. The molecule has 0 aromatic heterocycles. The normalized spacial score (nSPS) is 26.2. The Hall–Kier alpha value is -1.91. The van der Waals surface area contributed by atoms with Crippen molar-refractivity contribution < 1.29 is 24.1 Å². The third-order valence-electron chi connectivity index (χ3n) is 2.44. The lowest BCUT2D eigenvalue weighted by atomic mass is 10.1. The first-order valence-electron chi connectivity index (χ1n) is 5.79. The molecule has 1 rings (SSSR count). The number of nitrogens with zero attached hydrogens (tertiary/aromatic N) is 2. The minimum atomic E-state index is -0.984. The molecule has 7 heteroatoms. The zero-order valence-electron chi connectivity index (χ0n) is 11.1. The van der Waals surface area contributed by atoms with Crippen LogP contribution in [0.15, 0.2) is 24.1 Å². The van der Waals surface area contributed by atoms with Crippen molar-refractivity contribution in [2.24, 2.45) is 0 Å². The van der Waals surface area contributed by atoms with Crippen molar-refractivity contribution >= 4 is 5.97 Å². The Kier molecular flexibility index (Phi) is 4.64. The van der Waals surface area contributed by atoms with Crippen LogP contribution in [0, 0.1) is 5.39 Å². The van der Waals surface area contributed by atoms with Crippen molar-refractivity contribution in [2.45, 2.75) is 38.8 Å². The minimum absolute atomic E-state index is 0.0868. The van der Waals surface area contributed by atoms with E-state index < -0.39 is 35.4 Å². The summed E-state index contributed by atoms with van der Waals surface area (Å²) in [5.74, 6) is -2.46. The first-order valence-corrected chi connectivity index (χ1v) is 5.79. The minimum Gasteiger partial charge on any atom is -0.503 e. The summed E-state index contributed by atoms with van der Waals surface area (Å²) >= 11 is 0. The summed E-state index contributed by atoms with van der Waals surface area (Å²) in [5, 5.41) is 18.8. The molecular formula is C12H17N2O5+. The van der Waals surface area contributed by atoms with Gasteiger partial charge in [0.15, 0.2) is 16.9 Å². The summed E-state index contributed by atoms with van der Waals surface area (Å²) in [5.41, 5.74) is -0.611. The summed E-state index contributed by atoms with van der Waals surface area (Å²) in [6.45, 7) is 8.54. The average Bonchev–Trinajstić information content (AvgIpc) is 2.65. The van der Waals surface area contributed by atoms with E-state index in [1.807, 2.05) is 0 Å². The number of diazo groups is 1. The van der Waals surface area contributed by atoms with Crippen LogP contribution in [0.1, 0.15) is 20.8 Å². The number of aliphatic hydroxyl groups excluding tert-OH is 1. The second-order valence-electron chi connectivity index (χ2n) is 4.31. The monoisotopic (exact) mass is 269 g/mol. The van der Waals surface area contributed by atoms with Crippen LogP contribution in [0.3, 0.4) is 0 Å². The molecule has 104 valence electrons. The topological polar surface area (TPSA) is 93.1 Å². The highest BCUT2D eigenvalue weighted by molar-refractivity contribution is 5.90. The van der Waals surface area contributed by atoms with Crippen molar-refractivity contribution in [1.82, 2.24) is 0 Å². The van der Waals surface area contributed by atoms with E-state index in [1.54, 1.807) is 20.8 Å². The maximum atomic E-state index is 11.5. The molecule has 0 spiro atoms. The standard InChI is InChI=1S/C12H16N2O5/c1-5-7-10(19-12(3,4)18-7)9(15)8(14-13)11(16)17-6-2/h5,7,10H,1,6H2,2-4H3/p+1/t7-,10-/m0/s1. The van der Waals surface area contributed by atoms with Gasteiger partial charge in [-0.3, -0.25) is 0 Å². The molecule has 0 unspecified atom stereocenters. The van der Waals surface area contributed by atoms with Crippen LogP contribution in [0.2, 0.25) is 0 Å². The van der Waals surface area contributed by atoms with Crippen molar-refractivity contribution in [1.29, 1.82) is 5.39 Å². The quantitative estimate of drug-likeness (QED) is 0.275. The van der Waals surface area contributed by atoms with E-state index >= 15 is 0 Å². The lowest BCUT2D eigenvalue weighted by Crippen LogP contribution is -2.26. The van der Waals surface area contributed by atoms with Gasteiger partial charge in [-0.15, -0.1) is 6.58 Å². The summed E-state index contributed by atoms with van der Waals surface area (Å²) < 4.78 is 15.6. The lowest BCUT2D eigenvalue weighted by Gasteiger charge is -2.15. The fourth-order valence-electron chi connectivity index (χ4n) is 1.70. The van der Waals surface area contributed by atoms with Gasteiger partial charge >= 0.3 is 11.7 Å². The molecule has 0 amide bonds. The van der Waals surface area contributed by atoms with Crippen LogP contribution in [-0.4, -0.2) is 35.7 Å². The van der Waals surface area contributed by atoms with Crippen molar-refractivity contribution in [2.75, 3.05) is 6.61 Å². The summed E-state index contributed by atoms with van der Waals surface area (Å²) in [6, 6.07) is 0. The molecule has 1 aliphatic heterocycles. The van der Waals surface area contributed by atoms with Gasteiger partial charge < -0.3 is 19.3 Å². The zero-order chi connectivity index (χ0) is 14.6. The lowest BCUT2D eigenvalue weighted by molar-refractivity contribution is -0.144. The number of esters is 1. The van der Waals surface area contributed by atoms with E-state index in [0.717, 1.165) is 0 Å². The third kappa shape index (κ3) is 3.30. The van der Waals surface area contributed by atoms with Gasteiger partial charge in [-0.05, 0) is 20.8 Å². The van der Waals surface area contributed by atoms with E-state index in [-0.39, 0.29) is 6.61 Å². The van der Waals surface area contributed by atoms with Gasteiger partial charge in [-0.25, -0.2) is 4.79 Å². The van der Waals surface area contributed by atoms with Gasteiger partial charge in [-0.2, -0.15) is 0 Å². The SMILES string of the molecule is C=C[C@@H]1OC(C)(C)O[C@@H]1/C(O)=C(\[N+]#N)C(=O)OCC. The zero-order valence-corrected chi connectivity index (χ0v) is 11.1. The van der Waals surface area contributed by atoms with Gasteiger partial charge in [0.1, 0.15) is 6.10 Å². The van der Waals surface area contributed by atoms with E-state index in [1.165, 1.54) is 6.08 Å². The molecule has 0 bridgehead atoms. The molecule has 19 heavy (non-hydrogen) atoms. The fourth-order valence-corrected chi connectivity index (χ4v) is 1.70. The number of aliphatic hydroxyl groups is 1. The van der Waals surface area contributed by atoms with Gasteiger partial charge in [0.2, 0.25) is 11.2 Å². The Morgan fingerprint density at radius 3 is 2.68 bits per heavy atom. The van der Waals surface area contributed by atoms with Gasteiger partial charge in [0.25, 0.3) is 0 Å². The molecule has 0 saturated carbocycles. The first kappa shape index (κ1) is 15.1. The molecule has 1 N–H and O–H groups in total. The van der Waals surface area contributed by atoms with Gasteiger partial charge in [0.05, 0.1) is 6.61 Å². The molecular weight excluding hydrogens is 252 g/mol. The molecule has 1 heterocycles. The van der Waals surface area contributed by atoms with Crippen molar-refractivity contribution in [3.63, 3.8) is 0 Å². The second-order valence-corrected chi connectivity index (χ2v) is 4.31. The van der Waals surface area contributed by atoms with Crippen LogP contribution in [0.5, 0.6) is 0 Å². The Bertz CT molecular complexity index is 450. The highest BCUT2D eigenvalue weighted by Gasteiger charge is 2.47. The van der Waals surface area contributed by atoms with Crippen LogP contribution in [0.25, 0.3) is 4.98 Å². The van der Waals surface area contributed by atoms with Crippen LogP contribution < -0.4 is 0 Å². The molecule has 7 nitrogen and oxygen atoms in total. The van der Waals surface area contributed by atoms with Crippen molar-refractivity contribution in [3.05, 3.63) is 29.1 Å². The summed E-state index contributed by atoms with van der Waals surface area (Å²) in [7, 11) is 0. The summed E-state index contributed by atoms with van der Waals surface area (Å²) in [4.78, 5) is 14.3. The second kappa shape index (κ2) is 5.82. The largest absolute Gasteiger partial charge is 0.508 e. The molecule has 0 aromatic rings. The van der Waals surface area contributed by atoms with Gasteiger partial charge in [-0.1, -0.05) is 6.08 Å². The molecule has 2 atom stereocenters. The Morgan fingerprint density at radius 1 is 1.58 bits per heavy atom. The summed E-state index contributed by atoms with van der Waals surface area (Å²) in [6.07, 6.45) is -0.223. The molecule has 1 aliphatic rings. The predicted octanol–water partition coefficient (Wildman–Crippen LogP) is 1.88. The van der Waals surface area contributed by atoms with E-state index in [4.69, 9.17) is 14.9 Å². The molecule has 1 fully saturated rings. The number of hydrogen-bond donors (Lipinski definition) is 1. The number of carbonyl (C=O) groups is 1. The molecule has 0 aromatic carbocycles. The van der Waals surface area contributed by atoms with Gasteiger partial charge in [0, 0.05) is 0 Å². The number of carbonyl (C=O) groups excluding carboxylic acids is 1. The van der Waals surface area contributed by atoms with Crippen LogP contribution >= 0.6 is 0 Å². The van der Waals surface area contributed by atoms with Crippen LogP contribution in [0.4, 0.5) is 0 Å². The first-order chi connectivity index (χ1) is 8.86. The highest BCUT2D eigenvalue weighted by atomic mass is 16.8.